The van der Waals surface area contributed by atoms with Crippen molar-refractivity contribution in [2.45, 2.75) is 18.0 Å². The summed E-state index contributed by atoms with van der Waals surface area (Å²) in [5, 5.41) is 2.96. The molecule has 0 amide bonds. The van der Waals surface area contributed by atoms with E-state index >= 15 is 0 Å². The summed E-state index contributed by atoms with van der Waals surface area (Å²) in [6.07, 6.45) is -3.99. The van der Waals surface area contributed by atoms with E-state index in [1.54, 1.807) is 24.3 Å². The van der Waals surface area contributed by atoms with Crippen molar-refractivity contribution in [1.82, 2.24) is 5.32 Å². The van der Waals surface area contributed by atoms with Crippen LogP contribution in [0.4, 0.5) is 13.2 Å². The number of methoxy groups -OCH3 is 2. The van der Waals surface area contributed by atoms with Crippen LogP contribution in [0.2, 0.25) is 0 Å². The van der Waals surface area contributed by atoms with Gasteiger partial charge in [-0.2, -0.15) is 13.2 Å². The average molecular weight is 351 g/mol. The lowest BCUT2D eigenvalue weighted by Crippen LogP contribution is -2.50. The standard InChI is InChI=1S/C19H20F3NO2/c1-24-16-10-13-8-9-23-12-18(19(20,21)22,14-6-4-3-5-7-14)15(13)11-17(16)25-2/h3-7,10-11,23H,8-9,12H2,1-2H3. The van der Waals surface area contributed by atoms with Gasteiger partial charge in [0, 0.05) is 6.54 Å². The number of alkyl halides is 3. The Morgan fingerprint density at radius 1 is 1.00 bits per heavy atom. The van der Waals surface area contributed by atoms with E-state index in [0.29, 0.717) is 30.0 Å². The third kappa shape index (κ3) is 2.84. The van der Waals surface area contributed by atoms with Gasteiger partial charge in [-0.15, -0.1) is 0 Å². The molecule has 0 spiro atoms. The lowest BCUT2D eigenvalue weighted by atomic mass is 9.72. The van der Waals surface area contributed by atoms with Crippen LogP contribution in [-0.2, 0) is 11.8 Å². The molecule has 2 aromatic rings. The first-order valence-corrected chi connectivity index (χ1v) is 8.02. The van der Waals surface area contributed by atoms with Crippen molar-refractivity contribution in [3.63, 3.8) is 0 Å². The third-order valence-corrected chi connectivity index (χ3v) is 4.78. The molecule has 1 heterocycles. The minimum absolute atomic E-state index is 0.213. The molecule has 3 nitrogen and oxygen atoms in total. The smallest absolute Gasteiger partial charge is 0.403 e. The third-order valence-electron chi connectivity index (χ3n) is 4.78. The van der Waals surface area contributed by atoms with Crippen molar-refractivity contribution in [2.75, 3.05) is 27.3 Å². The molecule has 1 unspecified atom stereocenters. The highest BCUT2D eigenvalue weighted by Crippen LogP contribution is 2.50. The van der Waals surface area contributed by atoms with Crippen molar-refractivity contribution in [1.29, 1.82) is 0 Å². The summed E-state index contributed by atoms with van der Waals surface area (Å²) in [6.45, 7) is 0.246. The molecule has 0 radical (unpaired) electrons. The molecule has 0 fully saturated rings. The largest absolute Gasteiger partial charge is 0.493 e. The first-order chi connectivity index (χ1) is 11.9. The zero-order valence-electron chi connectivity index (χ0n) is 14.1. The lowest BCUT2D eigenvalue weighted by Gasteiger charge is -2.37. The Kier molecular flexibility index (Phi) is 4.64. The van der Waals surface area contributed by atoms with Crippen molar-refractivity contribution in [3.05, 3.63) is 59.2 Å². The van der Waals surface area contributed by atoms with Crippen LogP contribution in [-0.4, -0.2) is 33.5 Å². The van der Waals surface area contributed by atoms with Gasteiger partial charge in [0.1, 0.15) is 5.41 Å². The van der Waals surface area contributed by atoms with Gasteiger partial charge in [0.2, 0.25) is 0 Å². The fourth-order valence-corrected chi connectivity index (χ4v) is 3.52. The van der Waals surface area contributed by atoms with Gasteiger partial charge in [-0.25, -0.2) is 0 Å². The predicted molar refractivity (Wildman–Crippen MR) is 89.4 cm³/mol. The summed E-state index contributed by atoms with van der Waals surface area (Å²) in [6, 6.07) is 11.2. The van der Waals surface area contributed by atoms with Crippen LogP contribution >= 0.6 is 0 Å². The van der Waals surface area contributed by atoms with Gasteiger partial charge in [0.05, 0.1) is 14.2 Å². The molecule has 1 atom stereocenters. The van der Waals surface area contributed by atoms with Crippen LogP contribution < -0.4 is 14.8 Å². The van der Waals surface area contributed by atoms with Gasteiger partial charge in [-0.3, -0.25) is 0 Å². The molecular weight excluding hydrogens is 331 g/mol. The normalized spacial score (nSPS) is 20.5. The zero-order chi connectivity index (χ0) is 18.1. The Morgan fingerprint density at radius 3 is 2.24 bits per heavy atom. The summed E-state index contributed by atoms with van der Waals surface area (Å²) in [5.41, 5.74) is -1.09. The molecule has 134 valence electrons. The minimum atomic E-state index is -4.47. The topological polar surface area (TPSA) is 30.5 Å². The van der Waals surface area contributed by atoms with Gasteiger partial charge >= 0.3 is 6.18 Å². The lowest BCUT2D eigenvalue weighted by molar-refractivity contribution is -0.176. The molecule has 0 aliphatic carbocycles. The quantitative estimate of drug-likeness (QED) is 0.915. The van der Waals surface area contributed by atoms with Crippen LogP contribution in [0.1, 0.15) is 16.7 Å². The molecule has 0 saturated heterocycles. The Labute approximate surface area is 144 Å². The number of rotatable bonds is 3. The number of hydrogen-bond donors (Lipinski definition) is 1. The molecular formula is C19H20F3NO2. The van der Waals surface area contributed by atoms with Crippen molar-refractivity contribution in [3.8, 4) is 11.5 Å². The Bertz CT molecular complexity index is 746. The number of benzene rings is 2. The van der Waals surface area contributed by atoms with Crippen molar-refractivity contribution >= 4 is 0 Å². The molecule has 1 aliphatic rings. The van der Waals surface area contributed by atoms with Crippen LogP contribution in [0.25, 0.3) is 0 Å². The SMILES string of the molecule is COc1cc2c(cc1OC)C(c1ccccc1)(C(F)(F)F)CNCC2. The molecule has 3 rings (SSSR count). The van der Waals surface area contributed by atoms with Crippen molar-refractivity contribution < 1.29 is 22.6 Å². The van der Waals surface area contributed by atoms with E-state index in [1.165, 1.54) is 32.4 Å². The summed E-state index contributed by atoms with van der Waals surface area (Å²) >= 11 is 0. The van der Waals surface area contributed by atoms with E-state index in [2.05, 4.69) is 5.32 Å². The van der Waals surface area contributed by atoms with E-state index < -0.39 is 11.6 Å². The monoisotopic (exact) mass is 351 g/mol. The van der Waals surface area contributed by atoms with Gasteiger partial charge in [-0.1, -0.05) is 30.3 Å². The second-order valence-corrected chi connectivity index (χ2v) is 6.06. The average Bonchev–Trinajstić information content (AvgIpc) is 2.80. The highest BCUT2D eigenvalue weighted by atomic mass is 19.4. The minimum Gasteiger partial charge on any atom is -0.493 e. The maximum Gasteiger partial charge on any atom is 0.403 e. The van der Waals surface area contributed by atoms with E-state index in [-0.39, 0.29) is 17.7 Å². The molecule has 1 aliphatic heterocycles. The summed E-state index contributed by atoms with van der Waals surface area (Å²) in [5.74, 6) is 0.736. The Balaban J connectivity index is 2.34. The van der Waals surface area contributed by atoms with E-state index in [1.807, 2.05) is 0 Å². The van der Waals surface area contributed by atoms with Gasteiger partial charge in [-0.05, 0) is 41.8 Å². The molecule has 1 N–H and O–H groups in total. The second-order valence-electron chi connectivity index (χ2n) is 6.06. The molecule has 2 aromatic carbocycles. The van der Waals surface area contributed by atoms with E-state index in [9.17, 15) is 13.2 Å². The van der Waals surface area contributed by atoms with Crippen LogP contribution in [0.5, 0.6) is 11.5 Å². The fraction of sp³-hybridized carbons (Fsp3) is 0.368. The first kappa shape index (κ1) is 17.6. The van der Waals surface area contributed by atoms with Crippen LogP contribution in [0.15, 0.2) is 42.5 Å². The number of fused-ring (bicyclic) bond motifs is 1. The maximum absolute atomic E-state index is 14.4. The van der Waals surface area contributed by atoms with Crippen LogP contribution in [0.3, 0.4) is 0 Å². The predicted octanol–water partition coefficient (Wildman–Crippen LogP) is 3.70. The van der Waals surface area contributed by atoms with Crippen LogP contribution in [0, 0.1) is 0 Å². The maximum atomic E-state index is 14.4. The molecule has 25 heavy (non-hydrogen) atoms. The highest BCUT2D eigenvalue weighted by molar-refractivity contribution is 5.55. The number of hydrogen-bond acceptors (Lipinski definition) is 3. The first-order valence-electron chi connectivity index (χ1n) is 8.02. The van der Waals surface area contributed by atoms with Crippen molar-refractivity contribution in [2.24, 2.45) is 0 Å². The molecule has 0 saturated carbocycles. The summed E-state index contributed by atoms with van der Waals surface area (Å²) < 4.78 is 53.9. The Morgan fingerprint density at radius 2 is 1.64 bits per heavy atom. The molecule has 0 bridgehead atoms. The van der Waals surface area contributed by atoms with Gasteiger partial charge in [0.15, 0.2) is 11.5 Å². The van der Waals surface area contributed by atoms with E-state index in [0.717, 1.165) is 0 Å². The Hall–Kier alpha value is -2.21. The highest BCUT2D eigenvalue weighted by Gasteiger charge is 2.58. The van der Waals surface area contributed by atoms with Gasteiger partial charge in [0.25, 0.3) is 0 Å². The van der Waals surface area contributed by atoms with Gasteiger partial charge < -0.3 is 14.8 Å². The fourth-order valence-electron chi connectivity index (χ4n) is 3.52. The van der Waals surface area contributed by atoms with E-state index in [4.69, 9.17) is 9.47 Å². The summed E-state index contributed by atoms with van der Waals surface area (Å²) in [7, 11) is 2.91. The second kappa shape index (κ2) is 6.59. The number of ether oxygens (including phenoxy) is 2. The zero-order valence-corrected chi connectivity index (χ0v) is 14.1. The number of nitrogens with one attached hydrogen (secondary N) is 1. The molecule has 0 aromatic heterocycles. The summed E-state index contributed by atoms with van der Waals surface area (Å²) in [4.78, 5) is 0. The number of halogens is 3. The molecule has 6 heteroatoms.